The number of rotatable bonds is 2. The summed E-state index contributed by atoms with van der Waals surface area (Å²) in [6.45, 7) is 3.15. The summed E-state index contributed by atoms with van der Waals surface area (Å²) in [7, 11) is 0. The van der Waals surface area contributed by atoms with Crippen molar-refractivity contribution in [3.05, 3.63) is 35.1 Å². The first-order valence-corrected chi connectivity index (χ1v) is 5.31. The van der Waals surface area contributed by atoms with Gasteiger partial charge in [0, 0.05) is 0 Å². The number of ether oxygens (including phenoxy) is 2. The molecule has 0 aromatic heterocycles. The predicted octanol–water partition coefficient (Wildman–Crippen LogP) is 1.58. The smallest absolute Gasteiger partial charge is 0.123 e. The zero-order valence-corrected chi connectivity index (χ0v) is 9.15. The maximum atomic E-state index is 13.2. The van der Waals surface area contributed by atoms with Gasteiger partial charge in [-0.1, -0.05) is 6.07 Å². The van der Waals surface area contributed by atoms with Gasteiger partial charge in [0.15, 0.2) is 0 Å². The number of aliphatic hydroxyl groups is 1. The van der Waals surface area contributed by atoms with Gasteiger partial charge in [0.2, 0.25) is 0 Å². The Morgan fingerprint density at radius 3 is 2.81 bits per heavy atom. The number of halogens is 1. The molecule has 0 aliphatic carbocycles. The average molecular weight is 226 g/mol. The van der Waals surface area contributed by atoms with Crippen LogP contribution in [0.4, 0.5) is 4.39 Å². The van der Waals surface area contributed by atoms with Crippen LogP contribution in [0.5, 0.6) is 0 Å². The molecule has 1 saturated heterocycles. The first-order chi connectivity index (χ1) is 7.66. The molecule has 1 fully saturated rings. The maximum absolute atomic E-state index is 13.2. The van der Waals surface area contributed by atoms with Crippen LogP contribution in [0, 0.1) is 12.7 Å². The van der Waals surface area contributed by atoms with Gasteiger partial charge in [0.05, 0.1) is 19.8 Å². The van der Waals surface area contributed by atoms with E-state index in [0.29, 0.717) is 25.4 Å². The van der Waals surface area contributed by atoms with Crippen molar-refractivity contribution in [2.24, 2.45) is 0 Å². The van der Waals surface area contributed by atoms with Crippen LogP contribution in [-0.2, 0) is 9.47 Å². The van der Waals surface area contributed by atoms with Gasteiger partial charge in [-0.3, -0.25) is 0 Å². The Labute approximate surface area is 93.8 Å². The van der Waals surface area contributed by atoms with Gasteiger partial charge in [-0.15, -0.1) is 0 Å². The van der Waals surface area contributed by atoms with Crippen LogP contribution in [0.1, 0.15) is 17.2 Å². The molecule has 2 unspecified atom stereocenters. The number of hydrogen-bond acceptors (Lipinski definition) is 3. The second-order valence-electron chi connectivity index (χ2n) is 3.99. The Balaban J connectivity index is 2.15. The molecule has 0 radical (unpaired) electrons. The van der Waals surface area contributed by atoms with Crippen LogP contribution in [-0.4, -0.2) is 31.0 Å². The van der Waals surface area contributed by atoms with Gasteiger partial charge < -0.3 is 14.6 Å². The number of benzene rings is 1. The van der Waals surface area contributed by atoms with E-state index in [1.807, 2.05) is 0 Å². The lowest BCUT2D eigenvalue weighted by molar-refractivity contribution is -0.133. The van der Waals surface area contributed by atoms with Crippen LogP contribution in [0.2, 0.25) is 0 Å². The van der Waals surface area contributed by atoms with E-state index < -0.39 is 12.2 Å². The molecule has 0 amide bonds. The highest BCUT2D eigenvalue weighted by atomic mass is 19.1. The van der Waals surface area contributed by atoms with Crippen LogP contribution < -0.4 is 0 Å². The number of aryl methyl sites for hydroxylation is 1. The molecule has 1 N–H and O–H groups in total. The summed E-state index contributed by atoms with van der Waals surface area (Å²) in [5.74, 6) is -0.342. The molecule has 0 bridgehead atoms. The van der Waals surface area contributed by atoms with Gasteiger partial charge in [-0.25, -0.2) is 4.39 Å². The molecule has 2 rings (SSSR count). The van der Waals surface area contributed by atoms with Crippen molar-refractivity contribution in [1.29, 1.82) is 0 Å². The topological polar surface area (TPSA) is 38.7 Å². The summed E-state index contributed by atoms with van der Waals surface area (Å²) in [5, 5.41) is 10.0. The van der Waals surface area contributed by atoms with Gasteiger partial charge in [0.25, 0.3) is 0 Å². The lowest BCUT2D eigenvalue weighted by Crippen LogP contribution is -2.33. The van der Waals surface area contributed by atoms with E-state index in [4.69, 9.17) is 9.47 Å². The minimum absolute atomic E-state index is 0.342. The Bertz CT molecular complexity index is 341. The molecule has 0 spiro atoms. The second-order valence-corrected chi connectivity index (χ2v) is 3.99. The van der Waals surface area contributed by atoms with Gasteiger partial charge in [-0.05, 0) is 30.2 Å². The molecule has 1 heterocycles. The van der Waals surface area contributed by atoms with Crippen molar-refractivity contribution in [3.8, 4) is 0 Å². The minimum atomic E-state index is -0.838. The normalized spacial score (nSPS) is 23.1. The summed E-state index contributed by atoms with van der Waals surface area (Å²) in [4.78, 5) is 0. The van der Waals surface area contributed by atoms with Gasteiger partial charge in [0.1, 0.15) is 18.0 Å². The molecule has 1 aliphatic heterocycles. The number of aliphatic hydroxyl groups excluding tert-OH is 1. The fourth-order valence-electron chi connectivity index (χ4n) is 1.84. The lowest BCUT2D eigenvalue weighted by Gasteiger charge is -2.27. The first kappa shape index (κ1) is 11.5. The molecule has 2 atom stereocenters. The summed E-state index contributed by atoms with van der Waals surface area (Å²) in [6.07, 6.45) is -1.25. The van der Waals surface area contributed by atoms with E-state index in [9.17, 15) is 9.50 Å². The summed E-state index contributed by atoms with van der Waals surface area (Å²) < 4.78 is 23.8. The SMILES string of the molecule is Cc1cc(F)cc(C(O)C2COCCO2)c1. The van der Waals surface area contributed by atoms with Crippen LogP contribution >= 0.6 is 0 Å². The third-order valence-electron chi connectivity index (χ3n) is 2.60. The van der Waals surface area contributed by atoms with Crippen molar-refractivity contribution in [2.45, 2.75) is 19.1 Å². The standard InChI is InChI=1S/C12H15FO3/c1-8-4-9(6-10(13)5-8)12(14)11-7-15-2-3-16-11/h4-6,11-12,14H,2-3,7H2,1H3. The van der Waals surface area contributed by atoms with E-state index in [2.05, 4.69) is 0 Å². The van der Waals surface area contributed by atoms with Crippen LogP contribution in [0.25, 0.3) is 0 Å². The molecule has 1 aromatic rings. The van der Waals surface area contributed by atoms with Crippen LogP contribution in [0.15, 0.2) is 18.2 Å². The van der Waals surface area contributed by atoms with Crippen molar-refractivity contribution in [2.75, 3.05) is 19.8 Å². The van der Waals surface area contributed by atoms with Gasteiger partial charge >= 0.3 is 0 Å². The van der Waals surface area contributed by atoms with Crippen molar-refractivity contribution in [3.63, 3.8) is 0 Å². The molecule has 4 heteroatoms. The van der Waals surface area contributed by atoms with Crippen molar-refractivity contribution >= 4 is 0 Å². The average Bonchev–Trinajstić information content (AvgIpc) is 2.28. The highest BCUT2D eigenvalue weighted by Crippen LogP contribution is 2.23. The Kier molecular flexibility index (Phi) is 3.53. The molecule has 88 valence electrons. The molecule has 1 aliphatic rings. The second kappa shape index (κ2) is 4.91. The molecule has 1 aromatic carbocycles. The number of hydrogen-bond donors (Lipinski definition) is 1. The monoisotopic (exact) mass is 226 g/mol. The maximum Gasteiger partial charge on any atom is 0.123 e. The minimum Gasteiger partial charge on any atom is -0.386 e. The lowest BCUT2D eigenvalue weighted by atomic mass is 10.0. The highest BCUT2D eigenvalue weighted by molar-refractivity contribution is 5.26. The largest absolute Gasteiger partial charge is 0.386 e. The molecule has 3 nitrogen and oxygen atoms in total. The third kappa shape index (κ3) is 2.58. The molecular weight excluding hydrogens is 211 g/mol. The van der Waals surface area contributed by atoms with E-state index in [1.165, 1.54) is 12.1 Å². The van der Waals surface area contributed by atoms with Gasteiger partial charge in [-0.2, -0.15) is 0 Å². The predicted molar refractivity (Wildman–Crippen MR) is 56.7 cm³/mol. The van der Waals surface area contributed by atoms with E-state index in [1.54, 1.807) is 13.0 Å². The van der Waals surface area contributed by atoms with Crippen molar-refractivity contribution in [1.82, 2.24) is 0 Å². The Morgan fingerprint density at radius 2 is 2.19 bits per heavy atom. The first-order valence-electron chi connectivity index (χ1n) is 5.31. The van der Waals surface area contributed by atoms with Crippen LogP contribution in [0.3, 0.4) is 0 Å². The van der Waals surface area contributed by atoms with Crippen molar-refractivity contribution < 1.29 is 19.0 Å². The Hall–Kier alpha value is -0.970. The van der Waals surface area contributed by atoms with E-state index in [-0.39, 0.29) is 5.82 Å². The zero-order chi connectivity index (χ0) is 11.5. The molecule has 16 heavy (non-hydrogen) atoms. The summed E-state index contributed by atoms with van der Waals surface area (Å²) in [6, 6.07) is 4.51. The Morgan fingerprint density at radius 1 is 1.38 bits per heavy atom. The summed E-state index contributed by atoms with van der Waals surface area (Å²) in [5.41, 5.74) is 1.32. The third-order valence-corrected chi connectivity index (χ3v) is 2.60. The quantitative estimate of drug-likeness (QED) is 0.832. The summed E-state index contributed by atoms with van der Waals surface area (Å²) >= 11 is 0. The molecular formula is C12H15FO3. The fraction of sp³-hybridized carbons (Fsp3) is 0.500. The fourth-order valence-corrected chi connectivity index (χ4v) is 1.84. The van der Waals surface area contributed by atoms with E-state index >= 15 is 0 Å². The molecule has 0 saturated carbocycles. The van der Waals surface area contributed by atoms with E-state index in [0.717, 1.165) is 5.56 Å². The highest BCUT2D eigenvalue weighted by Gasteiger charge is 2.25. The zero-order valence-electron chi connectivity index (χ0n) is 9.15.